The van der Waals surface area contributed by atoms with Crippen molar-refractivity contribution < 1.29 is 9.59 Å². The van der Waals surface area contributed by atoms with Crippen molar-refractivity contribution in [1.82, 2.24) is 15.6 Å². The summed E-state index contributed by atoms with van der Waals surface area (Å²) in [5.74, 6) is -0.204. The van der Waals surface area contributed by atoms with Crippen molar-refractivity contribution in [3.63, 3.8) is 0 Å². The molecule has 3 N–H and O–H groups in total. The summed E-state index contributed by atoms with van der Waals surface area (Å²) >= 11 is 0. The Morgan fingerprint density at radius 2 is 1.96 bits per heavy atom. The monoisotopic (exact) mass is 341 g/mol. The summed E-state index contributed by atoms with van der Waals surface area (Å²) in [5, 5.41) is 7.11. The molecule has 0 spiro atoms. The molecule has 0 radical (unpaired) electrons. The summed E-state index contributed by atoms with van der Waals surface area (Å²) in [6, 6.07) is 8.17. The van der Waals surface area contributed by atoms with Crippen LogP contribution >= 0.6 is 0 Å². The minimum Gasteiger partial charge on any atom is -0.361 e. The number of nitrogens with one attached hydrogen (secondary N) is 3. The van der Waals surface area contributed by atoms with Crippen molar-refractivity contribution in [2.45, 2.75) is 64.0 Å². The molecule has 0 saturated heterocycles. The third-order valence-electron chi connectivity index (χ3n) is 5.34. The van der Waals surface area contributed by atoms with Crippen LogP contribution in [0.25, 0.3) is 10.9 Å². The third kappa shape index (κ3) is 3.86. The zero-order valence-corrected chi connectivity index (χ0v) is 15.0. The molecule has 1 aromatic heterocycles. The number of para-hydroxylation sites is 1. The van der Waals surface area contributed by atoms with Gasteiger partial charge in [-0.25, -0.2) is 0 Å². The van der Waals surface area contributed by atoms with Gasteiger partial charge < -0.3 is 15.6 Å². The van der Waals surface area contributed by atoms with E-state index in [1.54, 1.807) is 0 Å². The first-order valence-corrected chi connectivity index (χ1v) is 9.19. The topological polar surface area (TPSA) is 74.0 Å². The molecule has 5 nitrogen and oxygen atoms in total. The van der Waals surface area contributed by atoms with Gasteiger partial charge in [0, 0.05) is 23.1 Å². The van der Waals surface area contributed by atoms with Crippen LogP contribution in [0.4, 0.5) is 0 Å². The Morgan fingerprint density at radius 1 is 1.24 bits per heavy atom. The highest BCUT2D eigenvalue weighted by Crippen LogP contribution is 2.21. The van der Waals surface area contributed by atoms with Gasteiger partial charge in [-0.05, 0) is 37.8 Å². The van der Waals surface area contributed by atoms with E-state index in [1.807, 2.05) is 44.3 Å². The maximum absolute atomic E-state index is 12.7. The van der Waals surface area contributed by atoms with Gasteiger partial charge >= 0.3 is 0 Å². The Morgan fingerprint density at radius 3 is 2.68 bits per heavy atom. The summed E-state index contributed by atoms with van der Waals surface area (Å²) in [7, 11) is 0. The minimum absolute atomic E-state index is 0.0748. The van der Waals surface area contributed by atoms with Gasteiger partial charge in [-0.3, -0.25) is 9.59 Å². The van der Waals surface area contributed by atoms with Crippen LogP contribution in [0.1, 0.15) is 51.5 Å². The van der Waals surface area contributed by atoms with Crippen LogP contribution in [0.15, 0.2) is 30.5 Å². The van der Waals surface area contributed by atoms with Gasteiger partial charge in [-0.1, -0.05) is 38.0 Å². The van der Waals surface area contributed by atoms with E-state index in [4.69, 9.17) is 0 Å². The molecule has 1 aliphatic carbocycles. The number of carbonyl (C=O) groups is 2. The highest BCUT2D eigenvalue weighted by Gasteiger charge is 2.34. The van der Waals surface area contributed by atoms with Gasteiger partial charge in [0.25, 0.3) is 0 Å². The molecule has 2 aromatic rings. The fourth-order valence-corrected chi connectivity index (χ4v) is 3.52. The maximum Gasteiger partial charge on any atom is 0.245 e. The zero-order chi connectivity index (χ0) is 17.9. The molecule has 3 rings (SSSR count). The summed E-state index contributed by atoms with van der Waals surface area (Å²) in [4.78, 5) is 28.4. The van der Waals surface area contributed by atoms with Crippen molar-refractivity contribution in [3.05, 3.63) is 36.0 Å². The van der Waals surface area contributed by atoms with Crippen LogP contribution in [0.3, 0.4) is 0 Å². The average molecular weight is 341 g/mol. The molecule has 1 saturated carbocycles. The van der Waals surface area contributed by atoms with Crippen LogP contribution < -0.4 is 10.6 Å². The fraction of sp³-hybridized carbons (Fsp3) is 0.500. The fourth-order valence-electron chi connectivity index (χ4n) is 3.52. The average Bonchev–Trinajstić information content (AvgIpc) is 3.25. The lowest BCUT2D eigenvalue weighted by molar-refractivity contribution is -0.133. The first-order valence-electron chi connectivity index (χ1n) is 9.19. The van der Waals surface area contributed by atoms with Crippen LogP contribution in [0, 0.1) is 0 Å². The van der Waals surface area contributed by atoms with E-state index in [0.717, 1.165) is 29.3 Å². The van der Waals surface area contributed by atoms with Crippen LogP contribution in [-0.2, 0) is 16.0 Å². The normalized spacial score (nSPS) is 17.4. The molecule has 5 heteroatoms. The molecule has 1 fully saturated rings. The predicted molar refractivity (Wildman–Crippen MR) is 99.2 cm³/mol. The highest BCUT2D eigenvalue weighted by atomic mass is 16.2. The Labute approximate surface area is 148 Å². The minimum atomic E-state index is -0.869. The Balaban J connectivity index is 1.65. The van der Waals surface area contributed by atoms with E-state index in [9.17, 15) is 9.59 Å². The van der Waals surface area contributed by atoms with E-state index in [-0.39, 0.29) is 24.3 Å². The second-order valence-electron chi connectivity index (χ2n) is 7.22. The molecule has 134 valence electrons. The summed E-state index contributed by atoms with van der Waals surface area (Å²) in [6.07, 6.45) is 7.10. The maximum atomic E-state index is 12.7. The molecule has 0 bridgehead atoms. The predicted octanol–water partition coefficient (Wildman–Crippen LogP) is 3.05. The van der Waals surface area contributed by atoms with Gasteiger partial charge in [0.1, 0.15) is 5.54 Å². The van der Waals surface area contributed by atoms with Crippen molar-refractivity contribution >= 4 is 22.7 Å². The molecule has 1 atom stereocenters. The Hall–Kier alpha value is -2.30. The molecule has 0 unspecified atom stereocenters. The number of carbonyl (C=O) groups excluding carboxylic acids is 2. The molecule has 1 aromatic carbocycles. The quantitative estimate of drug-likeness (QED) is 0.755. The lowest BCUT2D eigenvalue weighted by Gasteiger charge is -2.30. The summed E-state index contributed by atoms with van der Waals surface area (Å²) in [6.45, 7) is 3.74. The van der Waals surface area contributed by atoms with E-state index in [0.29, 0.717) is 6.42 Å². The van der Waals surface area contributed by atoms with Crippen LogP contribution in [0.2, 0.25) is 0 Å². The first-order chi connectivity index (χ1) is 12.0. The van der Waals surface area contributed by atoms with Crippen LogP contribution in [-0.4, -0.2) is 28.4 Å². The first kappa shape index (κ1) is 17.5. The Bertz CT molecular complexity index is 761. The van der Waals surface area contributed by atoms with Crippen molar-refractivity contribution in [1.29, 1.82) is 0 Å². The lowest BCUT2D eigenvalue weighted by atomic mass is 9.96. The summed E-state index contributed by atoms with van der Waals surface area (Å²) < 4.78 is 0. The highest BCUT2D eigenvalue weighted by molar-refractivity contribution is 5.93. The second-order valence-corrected chi connectivity index (χ2v) is 7.22. The third-order valence-corrected chi connectivity index (χ3v) is 5.34. The molecule has 0 aliphatic heterocycles. The number of aromatic nitrogens is 1. The van der Waals surface area contributed by atoms with Crippen LogP contribution in [0.5, 0.6) is 0 Å². The number of benzene rings is 1. The number of rotatable bonds is 6. The van der Waals surface area contributed by atoms with E-state index in [2.05, 4.69) is 15.6 Å². The van der Waals surface area contributed by atoms with Crippen molar-refractivity contribution in [3.8, 4) is 0 Å². The van der Waals surface area contributed by atoms with E-state index >= 15 is 0 Å². The standard InChI is InChI=1S/C20H27N3O2/c1-3-20(2,19(25)22-15-8-4-5-9-15)23-18(24)12-14-13-21-17-11-7-6-10-16(14)17/h6-7,10-11,13,15,21H,3-5,8-9,12H2,1-2H3,(H,22,25)(H,23,24)/t20-/m0/s1. The van der Waals surface area contributed by atoms with Gasteiger partial charge in [0.15, 0.2) is 0 Å². The molecule has 1 aliphatic rings. The Kier molecular flexibility index (Phi) is 5.11. The van der Waals surface area contributed by atoms with Gasteiger partial charge in [-0.15, -0.1) is 0 Å². The second kappa shape index (κ2) is 7.30. The molecule has 2 amide bonds. The SMILES string of the molecule is CC[C@](C)(NC(=O)Cc1c[nH]c2ccccc12)C(=O)NC1CCCC1. The van der Waals surface area contributed by atoms with Gasteiger partial charge in [0.05, 0.1) is 6.42 Å². The van der Waals surface area contributed by atoms with Gasteiger partial charge in [-0.2, -0.15) is 0 Å². The molecular weight excluding hydrogens is 314 g/mol. The smallest absolute Gasteiger partial charge is 0.245 e. The lowest BCUT2D eigenvalue weighted by Crippen LogP contribution is -2.58. The van der Waals surface area contributed by atoms with E-state index < -0.39 is 5.54 Å². The van der Waals surface area contributed by atoms with Gasteiger partial charge in [0.2, 0.25) is 11.8 Å². The molecule has 1 heterocycles. The number of amides is 2. The molecular formula is C20H27N3O2. The van der Waals surface area contributed by atoms with Crippen molar-refractivity contribution in [2.24, 2.45) is 0 Å². The number of aromatic amines is 1. The number of fused-ring (bicyclic) bond motifs is 1. The number of hydrogen-bond donors (Lipinski definition) is 3. The van der Waals surface area contributed by atoms with Crippen molar-refractivity contribution in [2.75, 3.05) is 0 Å². The number of hydrogen-bond acceptors (Lipinski definition) is 2. The largest absolute Gasteiger partial charge is 0.361 e. The molecule has 25 heavy (non-hydrogen) atoms. The number of H-pyrrole nitrogens is 1. The summed E-state index contributed by atoms with van der Waals surface area (Å²) in [5.41, 5.74) is 1.09. The van der Waals surface area contributed by atoms with E-state index in [1.165, 1.54) is 12.8 Å². The zero-order valence-electron chi connectivity index (χ0n) is 15.0.